The van der Waals surface area contributed by atoms with E-state index in [0.717, 1.165) is 17.7 Å². The molecule has 0 aliphatic heterocycles. The van der Waals surface area contributed by atoms with E-state index < -0.39 is 24.3 Å². The summed E-state index contributed by atoms with van der Waals surface area (Å²) < 4.78 is 44.6. The molecule has 4 aromatic rings. The van der Waals surface area contributed by atoms with Crippen LogP contribution >= 0.6 is 11.3 Å². The summed E-state index contributed by atoms with van der Waals surface area (Å²) in [5.41, 5.74) is 1.82. The standard InChI is InChI=1S/C25H19F3N4O4S/c1-15(32-35-14-22(33)34)16-5-2-8-19(11-16)29-24-31-30-23(37-24)17-6-3-9-20(12-17)36-21-10-4-7-18(13-21)25(26,27)28/h2-13H,14H2,1H3,(H,29,31)(H,33,34)/b32-15-. The molecule has 2 N–H and O–H groups in total. The maximum absolute atomic E-state index is 13.0. The van der Waals surface area contributed by atoms with Gasteiger partial charge in [0.25, 0.3) is 0 Å². The van der Waals surface area contributed by atoms with Crippen LogP contribution in [0.15, 0.2) is 78.0 Å². The van der Waals surface area contributed by atoms with Crippen LogP contribution in [0.5, 0.6) is 11.5 Å². The predicted octanol–water partition coefficient (Wildman–Crippen LogP) is 6.59. The summed E-state index contributed by atoms with van der Waals surface area (Å²) >= 11 is 1.28. The molecule has 3 aromatic carbocycles. The molecule has 0 bridgehead atoms. The van der Waals surface area contributed by atoms with Crippen LogP contribution in [0.2, 0.25) is 0 Å². The van der Waals surface area contributed by atoms with E-state index in [1.165, 1.54) is 23.5 Å². The first-order chi connectivity index (χ1) is 17.7. The number of ether oxygens (including phenoxy) is 1. The van der Waals surface area contributed by atoms with Crippen LogP contribution in [0.1, 0.15) is 18.1 Å². The van der Waals surface area contributed by atoms with Gasteiger partial charge in [-0.25, -0.2) is 4.79 Å². The lowest BCUT2D eigenvalue weighted by Crippen LogP contribution is -2.05. The Kier molecular flexibility index (Phi) is 7.68. The number of carboxylic acid groups (broad SMARTS) is 1. The minimum absolute atomic E-state index is 0.0682. The second-order valence-electron chi connectivity index (χ2n) is 7.62. The third kappa shape index (κ3) is 7.04. The van der Waals surface area contributed by atoms with Crippen molar-refractivity contribution in [2.75, 3.05) is 11.9 Å². The number of nitrogens with zero attached hydrogens (tertiary/aromatic N) is 3. The molecule has 1 aromatic heterocycles. The molecule has 37 heavy (non-hydrogen) atoms. The second kappa shape index (κ2) is 11.1. The van der Waals surface area contributed by atoms with Crippen LogP contribution < -0.4 is 10.1 Å². The zero-order valence-electron chi connectivity index (χ0n) is 19.2. The molecule has 0 atom stereocenters. The van der Waals surface area contributed by atoms with Crippen molar-refractivity contribution in [1.29, 1.82) is 0 Å². The fraction of sp³-hybridized carbons (Fsp3) is 0.120. The van der Waals surface area contributed by atoms with Crippen LogP contribution in [0.25, 0.3) is 10.6 Å². The van der Waals surface area contributed by atoms with Crippen molar-refractivity contribution >= 4 is 33.8 Å². The van der Waals surface area contributed by atoms with E-state index >= 15 is 0 Å². The number of benzene rings is 3. The predicted molar refractivity (Wildman–Crippen MR) is 132 cm³/mol. The molecule has 190 valence electrons. The molecular weight excluding hydrogens is 509 g/mol. The zero-order chi connectivity index (χ0) is 26.4. The molecule has 0 amide bonds. The highest BCUT2D eigenvalue weighted by Gasteiger charge is 2.30. The summed E-state index contributed by atoms with van der Waals surface area (Å²) in [4.78, 5) is 15.3. The van der Waals surface area contributed by atoms with Gasteiger partial charge >= 0.3 is 12.1 Å². The van der Waals surface area contributed by atoms with E-state index in [4.69, 9.17) is 14.7 Å². The molecule has 0 aliphatic carbocycles. The van der Waals surface area contributed by atoms with Crippen molar-refractivity contribution in [1.82, 2.24) is 10.2 Å². The molecular formula is C25H19F3N4O4S. The lowest BCUT2D eigenvalue weighted by atomic mass is 10.1. The number of alkyl halides is 3. The second-order valence-corrected chi connectivity index (χ2v) is 8.60. The molecule has 0 saturated heterocycles. The van der Waals surface area contributed by atoms with Gasteiger partial charge in [0.05, 0.1) is 11.3 Å². The third-order valence-electron chi connectivity index (χ3n) is 4.82. The maximum atomic E-state index is 13.0. The largest absolute Gasteiger partial charge is 0.479 e. The molecule has 0 unspecified atom stereocenters. The lowest BCUT2D eigenvalue weighted by molar-refractivity contribution is -0.142. The molecule has 1 heterocycles. The number of hydrogen-bond donors (Lipinski definition) is 2. The number of carboxylic acids is 1. The highest BCUT2D eigenvalue weighted by atomic mass is 32.1. The number of aliphatic carboxylic acids is 1. The fourth-order valence-corrected chi connectivity index (χ4v) is 3.90. The van der Waals surface area contributed by atoms with E-state index in [0.29, 0.717) is 32.9 Å². The Morgan fingerprint density at radius 1 is 1.03 bits per heavy atom. The van der Waals surface area contributed by atoms with Crippen LogP contribution in [0.4, 0.5) is 24.0 Å². The van der Waals surface area contributed by atoms with Crippen LogP contribution in [-0.2, 0) is 15.8 Å². The Bertz CT molecular complexity index is 1440. The Morgan fingerprint density at radius 2 is 1.76 bits per heavy atom. The highest BCUT2D eigenvalue weighted by molar-refractivity contribution is 7.18. The van der Waals surface area contributed by atoms with E-state index in [-0.39, 0.29) is 5.75 Å². The van der Waals surface area contributed by atoms with Gasteiger partial charge in [-0.15, -0.1) is 10.2 Å². The molecule has 4 rings (SSSR count). The van der Waals surface area contributed by atoms with Crippen molar-refractivity contribution in [3.05, 3.63) is 83.9 Å². The van der Waals surface area contributed by atoms with Crippen LogP contribution in [0.3, 0.4) is 0 Å². The molecule has 0 fully saturated rings. The van der Waals surface area contributed by atoms with E-state index in [2.05, 4.69) is 20.7 Å². The van der Waals surface area contributed by atoms with Crippen LogP contribution in [-0.4, -0.2) is 33.6 Å². The number of anilines is 2. The quantitative estimate of drug-likeness (QED) is 0.187. The number of rotatable bonds is 9. The summed E-state index contributed by atoms with van der Waals surface area (Å²) in [6.07, 6.45) is -4.46. The van der Waals surface area contributed by atoms with Crippen molar-refractivity contribution in [2.24, 2.45) is 5.16 Å². The van der Waals surface area contributed by atoms with Gasteiger partial charge in [0.1, 0.15) is 16.5 Å². The first-order valence-electron chi connectivity index (χ1n) is 10.7. The number of carbonyl (C=O) groups is 1. The van der Waals surface area contributed by atoms with Gasteiger partial charge in [-0.05, 0) is 49.4 Å². The first kappa shape index (κ1) is 25.6. The highest BCUT2D eigenvalue weighted by Crippen LogP contribution is 2.34. The van der Waals surface area contributed by atoms with Gasteiger partial charge < -0.3 is 20.0 Å². The Morgan fingerprint density at radius 3 is 2.51 bits per heavy atom. The van der Waals surface area contributed by atoms with Gasteiger partial charge in [0.2, 0.25) is 11.7 Å². The Balaban J connectivity index is 1.46. The molecule has 12 heteroatoms. The summed E-state index contributed by atoms with van der Waals surface area (Å²) in [7, 11) is 0. The summed E-state index contributed by atoms with van der Waals surface area (Å²) in [5.74, 6) is -0.695. The monoisotopic (exact) mass is 528 g/mol. The number of nitrogens with one attached hydrogen (secondary N) is 1. The van der Waals surface area contributed by atoms with Crippen molar-refractivity contribution in [2.45, 2.75) is 13.1 Å². The minimum Gasteiger partial charge on any atom is -0.479 e. The average molecular weight is 529 g/mol. The van der Waals surface area contributed by atoms with E-state index in [1.807, 2.05) is 6.07 Å². The normalized spacial score (nSPS) is 11.7. The number of oxime groups is 1. The van der Waals surface area contributed by atoms with Crippen LogP contribution in [0, 0.1) is 0 Å². The van der Waals surface area contributed by atoms with Gasteiger partial charge in [-0.1, -0.05) is 46.8 Å². The van der Waals surface area contributed by atoms with Gasteiger partial charge in [0.15, 0.2) is 0 Å². The zero-order valence-corrected chi connectivity index (χ0v) is 20.0. The average Bonchev–Trinajstić information content (AvgIpc) is 3.32. The Hall–Kier alpha value is -4.45. The topological polar surface area (TPSA) is 106 Å². The SMILES string of the molecule is C/C(=N/OCC(=O)O)c1cccc(Nc2nnc(-c3cccc(Oc4cccc(C(F)(F)F)c4)c3)s2)c1. The van der Waals surface area contributed by atoms with Crippen molar-refractivity contribution < 1.29 is 32.6 Å². The van der Waals surface area contributed by atoms with Crippen molar-refractivity contribution in [3.63, 3.8) is 0 Å². The number of hydrogen-bond acceptors (Lipinski definition) is 8. The minimum atomic E-state index is -4.46. The summed E-state index contributed by atoms with van der Waals surface area (Å²) in [6, 6.07) is 18.7. The van der Waals surface area contributed by atoms with Crippen molar-refractivity contribution in [3.8, 4) is 22.1 Å². The summed E-state index contributed by atoms with van der Waals surface area (Å²) in [6.45, 7) is 1.16. The molecule has 0 aliphatic rings. The van der Waals surface area contributed by atoms with Gasteiger partial charge in [-0.2, -0.15) is 13.2 Å². The molecule has 0 spiro atoms. The maximum Gasteiger partial charge on any atom is 0.416 e. The molecule has 8 nitrogen and oxygen atoms in total. The van der Waals surface area contributed by atoms with E-state index in [9.17, 15) is 18.0 Å². The Labute approximate surface area is 213 Å². The summed E-state index contributed by atoms with van der Waals surface area (Å²) in [5, 5.41) is 25.0. The number of halogens is 3. The lowest BCUT2D eigenvalue weighted by Gasteiger charge is -2.10. The fourth-order valence-electron chi connectivity index (χ4n) is 3.14. The third-order valence-corrected chi connectivity index (χ3v) is 5.71. The first-order valence-corrected chi connectivity index (χ1v) is 11.5. The van der Waals surface area contributed by atoms with Gasteiger partial charge in [0, 0.05) is 16.8 Å². The molecule has 0 saturated carbocycles. The van der Waals surface area contributed by atoms with E-state index in [1.54, 1.807) is 49.4 Å². The number of aromatic nitrogens is 2. The van der Waals surface area contributed by atoms with Gasteiger partial charge in [-0.3, -0.25) is 0 Å². The smallest absolute Gasteiger partial charge is 0.416 e. The molecule has 0 radical (unpaired) electrons.